The van der Waals surface area contributed by atoms with Crippen molar-refractivity contribution in [2.24, 2.45) is 5.73 Å². The molecule has 92 valence electrons. The average Bonchev–Trinajstić information content (AvgIpc) is 2.29. The van der Waals surface area contributed by atoms with Crippen LogP contribution in [-0.4, -0.2) is 22.2 Å². The largest absolute Gasteiger partial charge is 0.508 e. The molecule has 0 radical (unpaired) electrons. The zero-order chi connectivity index (χ0) is 12.4. The molecular weight excluding hydrogens is 218 g/mol. The molecule has 1 unspecified atom stereocenters. The highest BCUT2D eigenvalue weighted by molar-refractivity contribution is 5.73. The minimum atomic E-state index is -1.04. The summed E-state index contributed by atoms with van der Waals surface area (Å²) in [4.78, 5) is 10.7. The number of hydrogen-bond acceptors (Lipinski definition) is 3. The van der Waals surface area contributed by atoms with Gasteiger partial charge in [-0.25, -0.2) is 0 Å². The molecule has 1 aliphatic carbocycles. The molecule has 0 heterocycles. The summed E-state index contributed by atoms with van der Waals surface area (Å²) >= 11 is 0. The Morgan fingerprint density at radius 2 is 1.88 bits per heavy atom. The lowest BCUT2D eigenvalue weighted by atomic mass is 9.89. The number of phenols is 1. The topological polar surface area (TPSA) is 83.5 Å². The fourth-order valence-electron chi connectivity index (χ4n) is 2.31. The molecule has 1 aromatic carbocycles. The van der Waals surface area contributed by atoms with Crippen LogP contribution in [0, 0.1) is 0 Å². The first-order chi connectivity index (χ1) is 8.08. The quantitative estimate of drug-likeness (QED) is 0.735. The van der Waals surface area contributed by atoms with E-state index in [1.807, 2.05) is 6.07 Å². The Balaban J connectivity index is 2.25. The first-order valence-electron chi connectivity index (χ1n) is 5.90. The van der Waals surface area contributed by atoms with Gasteiger partial charge in [-0.2, -0.15) is 0 Å². The van der Waals surface area contributed by atoms with Crippen LogP contribution in [-0.2, 0) is 24.1 Å². The van der Waals surface area contributed by atoms with Crippen molar-refractivity contribution in [3.63, 3.8) is 0 Å². The van der Waals surface area contributed by atoms with E-state index in [9.17, 15) is 9.90 Å². The predicted octanol–water partition coefficient (Wildman–Crippen LogP) is 1.23. The monoisotopic (exact) mass is 235 g/mol. The number of benzene rings is 1. The zero-order valence-electron chi connectivity index (χ0n) is 9.65. The standard InChI is InChI=1S/C13H17NO3/c14-11(13(16)17)6-10-5-8-3-1-2-4-9(8)7-12(10)15/h5,7,11,15H,1-4,6,14H2,(H,16,17). The van der Waals surface area contributed by atoms with Crippen LogP contribution in [0.25, 0.3) is 0 Å². The van der Waals surface area contributed by atoms with E-state index in [1.165, 1.54) is 11.1 Å². The summed E-state index contributed by atoms with van der Waals surface area (Å²) in [5.74, 6) is -0.871. The van der Waals surface area contributed by atoms with Crippen LogP contribution in [0.15, 0.2) is 12.1 Å². The second-order valence-electron chi connectivity index (χ2n) is 4.61. The van der Waals surface area contributed by atoms with Crippen molar-refractivity contribution in [2.45, 2.75) is 38.1 Å². The number of aromatic hydroxyl groups is 1. The molecule has 4 nitrogen and oxygen atoms in total. The zero-order valence-corrected chi connectivity index (χ0v) is 9.65. The molecule has 1 atom stereocenters. The lowest BCUT2D eigenvalue weighted by Gasteiger charge is -2.18. The molecule has 1 aliphatic rings. The minimum absolute atomic E-state index is 0.169. The van der Waals surface area contributed by atoms with Crippen LogP contribution >= 0.6 is 0 Å². The van der Waals surface area contributed by atoms with E-state index in [-0.39, 0.29) is 12.2 Å². The van der Waals surface area contributed by atoms with Gasteiger partial charge in [-0.05, 0) is 48.4 Å². The molecule has 0 aromatic heterocycles. The van der Waals surface area contributed by atoms with Gasteiger partial charge in [-0.1, -0.05) is 6.07 Å². The molecule has 1 aromatic rings. The Bertz CT molecular complexity index is 443. The van der Waals surface area contributed by atoms with E-state index in [0.29, 0.717) is 5.56 Å². The molecule has 0 aliphatic heterocycles. The van der Waals surface area contributed by atoms with Crippen LogP contribution in [0.5, 0.6) is 5.75 Å². The third kappa shape index (κ3) is 2.58. The summed E-state index contributed by atoms with van der Waals surface area (Å²) < 4.78 is 0. The molecule has 0 amide bonds. The summed E-state index contributed by atoms with van der Waals surface area (Å²) in [5.41, 5.74) is 8.53. The number of hydrogen-bond donors (Lipinski definition) is 3. The van der Waals surface area contributed by atoms with E-state index in [2.05, 4.69) is 0 Å². The summed E-state index contributed by atoms with van der Waals surface area (Å²) in [5, 5.41) is 18.6. The van der Waals surface area contributed by atoms with E-state index in [4.69, 9.17) is 10.8 Å². The summed E-state index contributed by atoms with van der Waals surface area (Å²) in [7, 11) is 0. The molecule has 4 N–H and O–H groups in total. The maximum Gasteiger partial charge on any atom is 0.320 e. The molecule has 17 heavy (non-hydrogen) atoms. The Morgan fingerprint density at radius 3 is 2.47 bits per heavy atom. The van der Waals surface area contributed by atoms with Gasteiger partial charge in [0.05, 0.1) is 0 Å². The van der Waals surface area contributed by atoms with Gasteiger partial charge >= 0.3 is 5.97 Å². The van der Waals surface area contributed by atoms with Crippen molar-refractivity contribution in [3.05, 3.63) is 28.8 Å². The lowest BCUT2D eigenvalue weighted by molar-refractivity contribution is -0.138. The van der Waals surface area contributed by atoms with Gasteiger partial charge in [-0.3, -0.25) is 4.79 Å². The number of fused-ring (bicyclic) bond motifs is 1. The molecule has 0 saturated carbocycles. The predicted molar refractivity (Wildman–Crippen MR) is 64.1 cm³/mol. The van der Waals surface area contributed by atoms with E-state index in [0.717, 1.165) is 25.7 Å². The van der Waals surface area contributed by atoms with Gasteiger partial charge in [0.2, 0.25) is 0 Å². The van der Waals surface area contributed by atoms with E-state index < -0.39 is 12.0 Å². The number of carbonyl (C=O) groups is 1. The molecule has 0 saturated heterocycles. The molecule has 0 bridgehead atoms. The van der Waals surface area contributed by atoms with Crippen LogP contribution in [0.4, 0.5) is 0 Å². The van der Waals surface area contributed by atoms with Crippen molar-refractivity contribution in [1.29, 1.82) is 0 Å². The summed E-state index contributed by atoms with van der Waals surface area (Å²) in [6.45, 7) is 0. The SMILES string of the molecule is NC(Cc1cc2c(cc1O)CCCC2)C(=O)O. The Kier molecular flexibility index (Phi) is 3.33. The third-order valence-electron chi connectivity index (χ3n) is 3.30. The average molecular weight is 235 g/mol. The van der Waals surface area contributed by atoms with Gasteiger partial charge in [-0.15, -0.1) is 0 Å². The second kappa shape index (κ2) is 4.75. The number of carboxylic acid groups (broad SMARTS) is 1. The van der Waals surface area contributed by atoms with Crippen LogP contribution in [0.3, 0.4) is 0 Å². The smallest absolute Gasteiger partial charge is 0.320 e. The summed E-state index contributed by atoms with van der Waals surface area (Å²) in [6.07, 6.45) is 4.48. The highest BCUT2D eigenvalue weighted by Gasteiger charge is 2.17. The molecule has 0 spiro atoms. The fraction of sp³-hybridized carbons (Fsp3) is 0.462. The Hall–Kier alpha value is -1.55. The van der Waals surface area contributed by atoms with Crippen molar-refractivity contribution >= 4 is 5.97 Å². The normalized spacial score (nSPS) is 16.3. The Labute approximate surface area is 100 Å². The first kappa shape index (κ1) is 11.9. The molecular formula is C13H17NO3. The van der Waals surface area contributed by atoms with Crippen molar-refractivity contribution in [2.75, 3.05) is 0 Å². The summed E-state index contributed by atoms with van der Waals surface area (Å²) in [6, 6.07) is 2.72. The fourth-order valence-corrected chi connectivity index (χ4v) is 2.31. The van der Waals surface area contributed by atoms with Gasteiger partial charge in [0, 0.05) is 6.42 Å². The molecule has 0 fully saturated rings. The maximum absolute atomic E-state index is 10.7. The lowest BCUT2D eigenvalue weighted by Crippen LogP contribution is -2.32. The number of aliphatic carboxylic acids is 1. The Morgan fingerprint density at radius 1 is 1.29 bits per heavy atom. The van der Waals surface area contributed by atoms with Crippen LogP contribution in [0.1, 0.15) is 29.5 Å². The van der Waals surface area contributed by atoms with Gasteiger partial charge < -0.3 is 15.9 Å². The molecule has 2 rings (SSSR count). The third-order valence-corrected chi connectivity index (χ3v) is 3.30. The van der Waals surface area contributed by atoms with Crippen molar-refractivity contribution < 1.29 is 15.0 Å². The number of carboxylic acids is 1. The van der Waals surface area contributed by atoms with Crippen molar-refractivity contribution in [3.8, 4) is 5.75 Å². The highest BCUT2D eigenvalue weighted by Crippen LogP contribution is 2.29. The van der Waals surface area contributed by atoms with Crippen LogP contribution < -0.4 is 5.73 Å². The van der Waals surface area contributed by atoms with E-state index >= 15 is 0 Å². The van der Waals surface area contributed by atoms with Gasteiger partial charge in [0.1, 0.15) is 11.8 Å². The van der Waals surface area contributed by atoms with Crippen molar-refractivity contribution in [1.82, 2.24) is 0 Å². The number of nitrogens with two attached hydrogens (primary N) is 1. The maximum atomic E-state index is 10.7. The molecule has 4 heteroatoms. The van der Waals surface area contributed by atoms with Gasteiger partial charge in [0.25, 0.3) is 0 Å². The minimum Gasteiger partial charge on any atom is -0.508 e. The first-order valence-corrected chi connectivity index (χ1v) is 5.90. The second-order valence-corrected chi connectivity index (χ2v) is 4.61. The van der Waals surface area contributed by atoms with E-state index in [1.54, 1.807) is 6.07 Å². The van der Waals surface area contributed by atoms with Crippen LogP contribution in [0.2, 0.25) is 0 Å². The number of phenolic OH excluding ortho intramolecular Hbond substituents is 1. The number of rotatable bonds is 3. The number of aryl methyl sites for hydroxylation is 2. The highest BCUT2D eigenvalue weighted by atomic mass is 16.4. The van der Waals surface area contributed by atoms with Gasteiger partial charge in [0.15, 0.2) is 0 Å².